The zero-order valence-electron chi connectivity index (χ0n) is 16.5. The number of benzene rings is 2. The lowest BCUT2D eigenvalue weighted by atomic mass is 10.2. The number of hydrogen-bond acceptors (Lipinski definition) is 6. The number of ether oxygens (including phenoxy) is 1. The van der Waals surface area contributed by atoms with Crippen LogP contribution in [0.25, 0.3) is 23.2 Å². The van der Waals surface area contributed by atoms with Crippen LogP contribution in [-0.2, 0) is 4.79 Å². The molecule has 0 bridgehead atoms. The van der Waals surface area contributed by atoms with Crippen molar-refractivity contribution in [1.29, 1.82) is 0 Å². The Kier molecular flexibility index (Phi) is 6.55. The lowest BCUT2D eigenvalue weighted by molar-refractivity contribution is -0.131. The first kappa shape index (κ1) is 22.0. The lowest BCUT2D eigenvalue weighted by Crippen LogP contribution is -1.99. The number of aliphatic carboxylic acids is 1. The van der Waals surface area contributed by atoms with Gasteiger partial charge in [0.1, 0.15) is 10.7 Å². The summed E-state index contributed by atoms with van der Waals surface area (Å²) in [6.45, 7) is 0. The minimum absolute atomic E-state index is 0.00664. The molecule has 0 radical (unpaired) electrons. The van der Waals surface area contributed by atoms with Crippen molar-refractivity contribution in [3.63, 3.8) is 0 Å². The highest BCUT2D eigenvalue weighted by molar-refractivity contribution is 8.03. The number of hydrogen-bond donors (Lipinski definition) is 1. The van der Waals surface area contributed by atoms with Crippen LogP contribution in [0.15, 0.2) is 75.3 Å². The molecule has 0 aliphatic rings. The molecule has 0 unspecified atom stereocenters. The molecule has 0 aliphatic carbocycles. The molecule has 2 heterocycles. The maximum absolute atomic E-state index is 11.9. The van der Waals surface area contributed by atoms with E-state index in [1.807, 2.05) is 29.0 Å². The fourth-order valence-corrected chi connectivity index (χ4v) is 3.87. The Labute approximate surface area is 197 Å². The van der Waals surface area contributed by atoms with E-state index in [9.17, 15) is 9.90 Å². The van der Waals surface area contributed by atoms with Gasteiger partial charge in [0.25, 0.3) is 11.1 Å². The van der Waals surface area contributed by atoms with Gasteiger partial charge < -0.3 is 18.8 Å². The summed E-state index contributed by atoms with van der Waals surface area (Å²) in [5, 5.41) is 18.9. The summed E-state index contributed by atoms with van der Waals surface area (Å²) in [5.41, 5.74) is 2.01. The number of methoxy groups -OCH3 is 1. The number of nitrogens with zero attached hydrogens (tertiary/aromatic N) is 3. The fourth-order valence-electron chi connectivity index (χ4n) is 2.92. The number of thioether (sulfide) groups is 1. The average molecular weight is 488 g/mol. The number of carboxylic acids is 1. The van der Waals surface area contributed by atoms with E-state index in [4.69, 9.17) is 32.4 Å². The highest BCUT2D eigenvalue weighted by atomic mass is 35.5. The number of carboxylic acid groups (broad SMARTS) is 1. The van der Waals surface area contributed by atoms with Crippen molar-refractivity contribution in [2.24, 2.45) is 0 Å². The highest BCUT2D eigenvalue weighted by Gasteiger charge is 2.19. The molecule has 0 aliphatic heterocycles. The summed E-state index contributed by atoms with van der Waals surface area (Å²) in [6.07, 6.45) is 3.36. The van der Waals surface area contributed by atoms with Gasteiger partial charge in [-0.25, -0.2) is 4.79 Å². The summed E-state index contributed by atoms with van der Waals surface area (Å²) in [5.74, 6) is -0.454. The third-order valence-electron chi connectivity index (χ3n) is 4.37. The van der Waals surface area contributed by atoms with Crippen molar-refractivity contribution < 1.29 is 19.1 Å². The quantitative estimate of drug-likeness (QED) is 0.250. The number of rotatable bonds is 7. The summed E-state index contributed by atoms with van der Waals surface area (Å²) in [6, 6.07) is 15.8. The third-order valence-corrected chi connectivity index (χ3v) is 5.71. The van der Waals surface area contributed by atoms with Gasteiger partial charge >= 0.3 is 5.97 Å². The van der Waals surface area contributed by atoms with Crippen LogP contribution in [0.5, 0.6) is 5.75 Å². The standard InChI is InChI=1S/C22H15Cl2N3O4S/c1-30-18-9-6-14(24)11-17(18)20-25-26-22(31-20)32-19(21(28)29)12-16-3-2-10-27(16)15-7-4-13(23)5-8-15/h2-12H,1H3,(H,28,29)/b19-12-. The monoisotopic (exact) mass is 487 g/mol. The molecule has 0 fully saturated rings. The molecule has 32 heavy (non-hydrogen) atoms. The van der Waals surface area contributed by atoms with Gasteiger partial charge in [0, 0.05) is 27.6 Å². The number of halogens is 2. The Morgan fingerprint density at radius 1 is 1.12 bits per heavy atom. The first-order valence-electron chi connectivity index (χ1n) is 9.18. The van der Waals surface area contributed by atoms with Crippen molar-refractivity contribution >= 4 is 47.0 Å². The van der Waals surface area contributed by atoms with E-state index >= 15 is 0 Å². The minimum Gasteiger partial charge on any atom is -0.496 e. The largest absolute Gasteiger partial charge is 0.496 e. The molecule has 4 rings (SSSR count). The Morgan fingerprint density at radius 2 is 1.88 bits per heavy atom. The van der Waals surface area contributed by atoms with Crippen LogP contribution >= 0.6 is 35.0 Å². The van der Waals surface area contributed by atoms with Crippen LogP contribution in [0.1, 0.15) is 5.69 Å². The first-order valence-corrected chi connectivity index (χ1v) is 10.8. The van der Waals surface area contributed by atoms with E-state index in [0.717, 1.165) is 17.4 Å². The van der Waals surface area contributed by atoms with E-state index in [1.54, 1.807) is 36.4 Å². The van der Waals surface area contributed by atoms with Crippen molar-refractivity contribution in [3.05, 3.63) is 81.4 Å². The molecule has 1 N–H and O–H groups in total. The maximum atomic E-state index is 11.9. The van der Waals surface area contributed by atoms with Gasteiger partial charge in [-0.1, -0.05) is 23.2 Å². The van der Waals surface area contributed by atoms with Crippen molar-refractivity contribution in [1.82, 2.24) is 14.8 Å². The average Bonchev–Trinajstić information content (AvgIpc) is 3.43. The van der Waals surface area contributed by atoms with Crippen LogP contribution in [0.3, 0.4) is 0 Å². The SMILES string of the molecule is COc1ccc(Cl)cc1-c1nnc(S/C(=C\c2cccn2-c2ccc(Cl)cc2)C(=O)O)o1. The molecule has 4 aromatic rings. The second kappa shape index (κ2) is 9.52. The topological polar surface area (TPSA) is 90.4 Å². The van der Waals surface area contributed by atoms with Crippen LogP contribution in [-0.4, -0.2) is 33.0 Å². The highest BCUT2D eigenvalue weighted by Crippen LogP contribution is 2.35. The molecule has 7 nitrogen and oxygen atoms in total. The van der Waals surface area contributed by atoms with Gasteiger partial charge in [-0.2, -0.15) is 0 Å². The molecule has 0 saturated carbocycles. The van der Waals surface area contributed by atoms with E-state index in [1.165, 1.54) is 13.2 Å². The Morgan fingerprint density at radius 3 is 2.59 bits per heavy atom. The predicted octanol–water partition coefficient (Wildman–Crippen LogP) is 6.06. The molecule has 0 atom stereocenters. The third kappa shape index (κ3) is 4.83. The lowest BCUT2D eigenvalue weighted by Gasteiger charge is -2.07. The van der Waals surface area contributed by atoms with E-state index in [0.29, 0.717) is 27.1 Å². The van der Waals surface area contributed by atoms with Crippen molar-refractivity contribution in [3.8, 4) is 22.9 Å². The van der Waals surface area contributed by atoms with E-state index in [2.05, 4.69) is 10.2 Å². The Balaban J connectivity index is 1.64. The Bertz CT molecular complexity index is 1300. The van der Waals surface area contributed by atoms with Crippen LogP contribution in [0.4, 0.5) is 0 Å². The zero-order valence-corrected chi connectivity index (χ0v) is 18.9. The van der Waals surface area contributed by atoms with E-state index < -0.39 is 5.97 Å². The molecule has 0 amide bonds. The normalized spacial score (nSPS) is 11.5. The molecule has 2 aromatic heterocycles. The molecule has 10 heteroatoms. The first-order chi connectivity index (χ1) is 15.4. The molecular formula is C22H15Cl2N3O4S. The second-order valence-corrected chi connectivity index (χ2v) is 8.28. The predicted molar refractivity (Wildman–Crippen MR) is 124 cm³/mol. The number of carbonyl (C=O) groups is 1. The summed E-state index contributed by atoms with van der Waals surface area (Å²) in [7, 11) is 1.51. The van der Waals surface area contributed by atoms with Gasteiger partial charge in [-0.15, -0.1) is 10.2 Å². The molecule has 0 saturated heterocycles. The second-order valence-electron chi connectivity index (χ2n) is 6.41. The molecular weight excluding hydrogens is 473 g/mol. The maximum Gasteiger partial charge on any atom is 0.342 e. The summed E-state index contributed by atoms with van der Waals surface area (Å²) in [4.78, 5) is 11.9. The van der Waals surface area contributed by atoms with Crippen LogP contribution < -0.4 is 4.74 Å². The van der Waals surface area contributed by atoms with Crippen LogP contribution in [0, 0.1) is 0 Å². The molecule has 2 aromatic carbocycles. The number of aromatic nitrogens is 3. The summed E-state index contributed by atoms with van der Waals surface area (Å²) >= 11 is 12.9. The van der Waals surface area contributed by atoms with Gasteiger partial charge in [0.15, 0.2) is 0 Å². The minimum atomic E-state index is -1.13. The van der Waals surface area contributed by atoms with Crippen molar-refractivity contribution in [2.45, 2.75) is 5.22 Å². The molecule has 0 spiro atoms. The molecule has 162 valence electrons. The van der Waals surface area contributed by atoms with Crippen LogP contribution in [0.2, 0.25) is 10.0 Å². The van der Waals surface area contributed by atoms with Gasteiger partial charge in [0.05, 0.1) is 12.7 Å². The van der Waals surface area contributed by atoms with Gasteiger partial charge in [-0.05, 0) is 72.4 Å². The zero-order chi connectivity index (χ0) is 22.7. The summed E-state index contributed by atoms with van der Waals surface area (Å²) < 4.78 is 12.8. The van der Waals surface area contributed by atoms with Crippen molar-refractivity contribution in [2.75, 3.05) is 7.11 Å². The fraction of sp³-hybridized carbons (Fsp3) is 0.0455. The van der Waals surface area contributed by atoms with Gasteiger partial charge in [0.2, 0.25) is 0 Å². The van der Waals surface area contributed by atoms with Gasteiger partial charge in [-0.3, -0.25) is 0 Å². The Hall–Kier alpha value is -3.20. The van der Waals surface area contributed by atoms with E-state index in [-0.39, 0.29) is 16.0 Å². The smallest absolute Gasteiger partial charge is 0.342 e.